The highest BCUT2D eigenvalue weighted by atomic mass is 16.8. The van der Waals surface area contributed by atoms with Gasteiger partial charge in [-0.2, -0.15) is 0 Å². The van der Waals surface area contributed by atoms with E-state index in [4.69, 9.17) is 33.2 Å². The number of carbonyl (C=O) groups is 2. The minimum absolute atomic E-state index is 0.676. The van der Waals surface area contributed by atoms with Gasteiger partial charge in [0.2, 0.25) is 11.8 Å². The third kappa shape index (κ3) is 8.67. The second-order valence-electron chi connectivity index (χ2n) is 12.6. The Bertz CT molecular complexity index is 1110. The Balaban J connectivity index is 1.71. The van der Waals surface area contributed by atoms with E-state index in [1.54, 1.807) is 0 Å². The first kappa shape index (κ1) is 40.0. The lowest BCUT2D eigenvalue weighted by molar-refractivity contribution is -0.385. The Hall–Kier alpha value is -1.74. The van der Waals surface area contributed by atoms with Gasteiger partial charge in [0.15, 0.2) is 25.2 Å². The average molecular weight is 717 g/mol. The van der Waals surface area contributed by atoms with Gasteiger partial charge in [-0.25, -0.2) is 0 Å². The zero-order valence-electron chi connectivity index (χ0n) is 27.1. The summed E-state index contributed by atoms with van der Waals surface area (Å²) in [5.74, 6) is -1.38. The quantitative estimate of drug-likeness (QED) is 0.0999. The monoisotopic (exact) mass is 716 g/mol. The molecule has 0 spiro atoms. The fraction of sp³-hybridized carbons (Fsp3) is 0.929. The summed E-state index contributed by atoms with van der Waals surface area (Å²) in [4.78, 5) is 24.3. The fourth-order valence-electron chi connectivity index (χ4n) is 6.22. The van der Waals surface area contributed by atoms with E-state index < -0.39 is 148 Å². The lowest BCUT2D eigenvalue weighted by Gasteiger charge is -2.50. The van der Waals surface area contributed by atoms with E-state index in [0.717, 1.165) is 13.8 Å². The Morgan fingerprint density at radius 1 is 0.531 bits per heavy atom. The zero-order chi connectivity index (χ0) is 36.5. The maximum absolute atomic E-state index is 12.3. The van der Waals surface area contributed by atoms with Gasteiger partial charge in [0, 0.05) is 13.8 Å². The molecule has 1 unspecified atom stereocenters. The molecule has 4 aliphatic heterocycles. The molecule has 0 bridgehead atoms. The average Bonchev–Trinajstić information content (AvgIpc) is 3.04. The van der Waals surface area contributed by atoms with E-state index in [0.29, 0.717) is 0 Å². The first-order valence-corrected chi connectivity index (χ1v) is 15.8. The molecule has 21 heteroatoms. The SMILES string of the molecule is CC(=O)N[C@H]1[C@H](O[C@H]2[C@H](O[C@@H]3O[C@@H](C)[C@@H](O)[C@@H](O)[C@@H]3O[C@@H]3O[C@@H](C)[C@@H](O)[C@@H](O)[C@@H]3O)[C@@H](NC(C)=O)C(O)O[C@@H]2CO)O[C@H](CO)[C@H](O)[C@@H]1O. The van der Waals surface area contributed by atoms with Crippen molar-refractivity contribution in [2.75, 3.05) is 13.2 Å². The summed E-state index contributed by atoms with van der Waals surface area (Å²) in [5.41, 5.74) is 0. The Morgan fingerprint density at radius 3 is 1.61 bits per heavy atom. The number of carbonyl (C=O) groups excluding carboxylic acids is 2. The summed E-state index contributed by atoms with van der Waals surface area (Å²) in [7, 11) is 0. The second-order valence-corrected chi connectivity index (χ2v) is 12.6. The summed E-state index contributed by atoms with van der Waals surface area (Å²) < 4.78 is 40.6. The molecule has 4 aliphatic rings. The number of hydrogen-bond donors (Lipinski definition) is 12. The third-order valence-electron chi connectivity index (χ3n) is 8.93. The number of amides is 2. The molecule has 0 radical (unpaired) electrons. The van der Waals surface area contributed by atoms with Crippen LogP contribution in [0.5, 0.6) is 0 Å². The largest absolute Gasteiger partial charge is 0.394 e. The summed E-state index contributed by atoms with van der Waals surface area (Å²) in [6.45, 7) is 3.31. The van der Waals surface area contributed by atoms with Crippen LogP contribution in [0, 0.1) is 0 Å². The van der Waals surface area contributed by atoms with Crippen molar-refractivity contribution in [2.45, 2.75) is 150 Å². The topological polar surface area (TPSA) is 325 Å². The molecule has 284 valence electrons. The molecule has 4 fully saturated rings. The maximum Gasteiger partial charge on any atom is 0.217 e. The number of rotatable bonds is 10. The van der Waals surface area contributed by atoms with Crippen molar-refractivity contribution in [1.29, 1.82) is 0 Å². The van der Waals surface area contributed by atoms with Gasteiger partial charge < -0.3 is 94.9 Å². The highest BCUT2D eigenvalue weighted by Gasteiger charge is 2.56. The van der Waals surface area contributed by atoms with Crippen molar-refractivity contribution in [3.63, 3.8) is 0 Å². The van der Waals surface area contributed by atoms with Gasteiger partial charge in [-0.15, -0.1) is 0 Å². The minimum atomic E-state index is -1.88. The van der Waals surface area contributed by atoms with Crippen molar-refractivity contribution >= 4 is 11.8 Å². The van der Waals surface area contributed by atoms with Gasteiger partial charge in [0.05, 0.1) is 25.4 Å². The van der Waals surface area contributed by atoms with Crippen LogP contribution in [0.2, 0.25) is 0 Å². The predicted octanol–water partition coefficient (Wildman–Crippen LogP) is -7.41. The Kier molecular flexibility index (Phi) is 13.7. The molecule has 0 aromatic rings. The van der Waals surface area contributed by atoms with Crippen LogP contribution in [0.4, 0.5) is 0 Å². The molecule has 4 saturated heterocycles. The summed E-state index contributed by atoms with van der Waals surface area (Å²) in [5, 5.41) is 110. The molecule has 12 N–H and O–H groups in total. The summed E-state index contributed by atoms with van der Waals surface area (Å²) in [6, 6.07) is -3.01. The van der Waals surface area contributed by atoms with Gasteiger partial charge in [-0.3, -0.25) is 9.59 Å². The molecule has 2 amide bonds. The van der Waals surface area contributed by atoms with E-state index in [1.807, 2.05) is 0 Å². The second kappa shape index (κ2) is 16.7. The normalized spacial score (nSPS) is 49.3. The van der Waals surface area contributed by atoms with E-state index in [9.17, 15) is 60.7 Å². The summed E-state index contributed by atoms with van der Waals surface area (Å²) >= 11 is 0. The first-order chi connectivity index (χ1) is 23.0. The van der Waals surface area contributed by atoms with Crippen LogP contribution < -0.4 is 10.6 Å². The lowest BCUT2D eigenvalue weighted by Crippen LogP contribution is -2.71. The van der Waals surface area contributed by atoms with Crippen molar-refractivity contribution in [1.82, 2.24) is 10.6 Å². The molecule has 21 nitrogen and oxygen atoms in total. The Morgan fingerprint density at radius 2 is 1.04 bits per heavy atom. The predicted molar refractivity (Wildman–Crippen MR) is 154 cm³/mol. The van der Waals surface area contributed by atoms with Gasteiger partial charge in [0.25, 0.3) is 0 Å². The van der Waals surface area contributed by atoms with E-state index >= 15 is 0 Å². The fourth-order valence-corrected chi connectivity index (χ4v) is 6.22. The van der Waals surface area contributed by atoms with E-state index in [1.165, 1.54) is 13.8 Å². The molecule has 4 heterocycles. The first-order valence-electron chi connectivity index (χ1n) is 15.8. The third-order valence-corrected chi connectivity index (χ3v) is 8.93. The van der Waals surface area contributed by atoms with E-state index in [2.05, 4.69) is 10.6 Å². The molecule has 49 heavy (non-hydrogen) atoms. The number of aliphatic hydroxyl groups excluding tert-OH is 10. The molecular formula is C28H48N2O19. The van der Waals surface area contributed by atoms with Gasteiger partial charge in [0.1, 0.15) is 85.3 Å². The van der Waals surface area contributed by atoms with Crippen LogP contribution in [0.25, 0.3) is 0 Å². The molecule has 0 saturated carbocycles. The van der Waals surface area contributed by atoms with Crippen molar-refractivity contribution in [2.24, 2.45) is 0 Å². The molecule has 0 aromatic heterocycles. The maximum atomic E-state index is 12.3. The van der Waals surface area contributed by atoms with Crippen LogP contribution in [-0.2, 0) is 42.7 Å². The van der Waals surface area contributed by atoms with Crippen LogP contribution in [-0.4, -0.2) is 199 Å². The number of ether oxygens (including phenoxy) is 7. The summed E-state index contributed by atoms with van der Waals surface area (Å²) in [6.07, 6.45) is -29.0. The number of nitrogens with one attached hydrogen (secondary N) is 2. The van der Waals surface area contributed by atoms with Gasteiger partial charge in [-0.05, 0) is 13.8 Å². The highest BCUT2D eigenvalue weighted by molar-refractivity contribution is 5.73. The number of aliphatic hydroxyl groups is 10. The molecule has 4 rings (SSSR count). The Labute approximate surface area is 280 Å². The van der Waals surface area contributed by atoms with Crippen LogP contribution in [0.15, 0.2) is 0 Å². The zero-order valence-corrected chi connectivity index (χ0v) is 27.1. The number of hydrogen-bond acceptors (Lipinski definition) is 19. The van der Waals surface area contributed by atoms with Crippen molar-refractivity contribution < 1.29 is 93.8 Å². The van der Waals surface area contributed by atoms with Gasteiger partial charge >= 0.3 is 0 Å². The molecular weight excluding hydrogens is 668 g/mol. The van der Waals surface area contributed by atoms with Crippen molar-refractivity contribution in [3.05, 3.63) is 0 Å². The molecule has 20 atom stereocenters. The van der Waals surface area contributed by atoms with Gasteiger partial charge in [-0.1, -0.05) is 0 Å². The van der Waals surface area contributed by atoms with Crippen LogP contribution >= 0.6 is 0 Å². The molecule has 0 aromatic carbocycles. The van der Waals surface area contributed by atoms with Crippen molar-refractivity contribution in [3.8, 4) is 0 Å². The molecule has 0 aliphatic carbocycles. The lowest BCUT2D eigenvalue weighted by atomic mass is 9.94. The minimum Gasteiger partial charge on any atom is -0.394 e. The highest BCUT2D eigenvalue weighted by Crippen LogP contribution is 2.35. The smallest absolute Gasteiger partial charge is 0.217 e. The van der Waals surface area contributed by atoms with Crippen LogP contribution in [0.1, 0.15) is 27.7 Å². The van der Waals surface area contributed by atoms with Crippen LogP contribution in [0.3, 0.4) is 0 Å². The standard InChI is InChI=1S/C28H48N2O19/c1-7-15(35)19(39)21(41)27(43-7)49-24-20(40)16(36)8(2)44-28(24)48-23-14(30-10(4)34)25(42)45-12(6-32)22(23)47-26-13(29-9(3)33)18(38)17(37)11(5-31)46-26/h7-8,11-28,31-32,35-42H,5-6H2,1-4H3,(H,29,33)(H,30,34)/t7-,8-,11+,12+,13+,14+,15+,16+,17-,18+,19+,20+,21-,22+,23+,24-,25?,26-,27-,28-/m0/s1. The van der Waals surface area contributed by atoms with E-state index in [-0.39, 0.29) is 0 Å².